The summed E-state index contributed by atoms with van der Waals surface area (Å²) in [4.78, 5) is 14.1. The summed E-state index contributed by atoms with van der Waals surface area (Å²) >= 11 is 8.29. The molecule has 1 saturated heterocycles. The van der Waals surface area contributed by atoms with E-state index in [-0.39, 0.29) is 18.4 Å². The van der Waals surface area contributed by atoms with Crippen molar-refractivity contribution in [1.82, 2.24) is 4.90 Å². The zero-order valence-electron chi connectivity index (χ0n) is 9.16. The Bertz CT molecular complexity index is 422. The van der Waals surface area contributed by atoms with Gasteiger partial charge < -0.3 is 10.0 Å². The number of aliphatic hydroxyl groups is 1. The van der Waals surface area contributed by atoms with Crippen LogP contribution < -0.4 is 0 Å². The Kier molecular flexibility index (Phi) is 4.63. The average Bonchev–Trinajstić information content (AvgIpc) is 2.67. The summed E-state index contributed by atoms with van der Waals surface area (Å²) < 4.78 is 1.81. The van der Waals surface area contributed by atoms with Gasteiger partial charge in [-0.3, -0.25) is 4.79 Å². The van der Waals surface area contributed by atoms with E-state index in [4.69, 9.17) is 5.11 Å². The monoisotopic (exact) mass is 381 g/mol. The second kappa shape index (κ2) is 5.82. The molecule has 3 nitrogen and oxygen atoms in total. The maximum atomic E-state index is 12.3. The van der Waals surface area contributed by atoms with Gasteiger partial charge in [0.2, 0.25) is 0 Å². The Labute approximate surface area is 121 Å². The van der Waals surface area contributed by atoms with Gasteiger partial charge in [-0.05, 0) is 56.7 Å². The first-order chi connectivity index (χ1) is 8.11. The number of carbonyl (C=O) groups is 1. The average molecular weight is 383 g/mol. The topological polar surface area (TPSA) is 40.5 Å². The van der Waals surface area contributed by atoms with Crippen molar-refractivity contribution in [3.05, 3.63) is 19.2 Å². The fourth-order valence-corrected chi connectivity index (χ4v) is 4.83. The lowest BCUT2D eigenvalue weighted by atomic mass is 9.98. The third kappa shape index (κ3) is 3.10. The summed E-state index contributed by atoms with van der Waals surface area (Å²) in [6.07, 6.45) is 1.98. The predicted octanol–water partition coefficient (Wildman–Crippen LogP) is 3.12. The first-order valence-corrected chi connectivity index (χ1v) is 7.87. The first kappa shape index (κ1) is 13.5. The smallest absolute Gasteiger partial charge is 0.255 e. The number of aliphatic hydroxyl groups excluding tert-OH is 1. The Balaban J connectivity index is 2.12. The maximum absolute atomic E-state index is 12.3. The molecule has 1 aliphatic heterocycles. The van der Waals surface area contributed by atoms with Gasteiger partial charge in [-0.25, -0.2) is 0 Å². The highest BCUT2D eigenvalue weighted by molar-refractivity contribution is 9.12. The highest BCUT2D eigenvalue weighted by Crippen LogP contribution is 2.33. The quantitative estimate of drug-likeness (QED) is 0.853. The van der Waals surface area contributed by atoms with Crippen LogP contribution in [0.5, 0.6) is 0 Å². The van der Waals surface area contributed by atoms with Crippen LogP contribution in [0.1, 0.15) is 23.2 Å². The van der Waals surface area contributed by atoms with Gasteiger partial charge in [-0.15, -0.1) is 11.3 Å². The van der Waals surface area contributed by atoms with Gasteiger partial charge in [0.15, 0.2) is 0 Å². The maximum Gasteiger partial charge on any atom is 0.255 e. The van der Waals surface area contributed by atoms with Gasteiger partial charge in [0.25, 0.3) is 5.91 Å². The molecule has 2 heterocycles. The number of halogens is 2. The van der Waals surface area contributed by atoms with Gasteiger partial charge in [0, 0.05) is 19.7 Å². The van der Waals surface area contributed by atoms with Crippen molar-refractivity contribution in [2.75, 3.05) is 19.7 Å². The molecular formula is C11H13Br2NO2S. The molecule has 0 bridgehead atoms. The molecule has 0 aliphatic carbocycles. The molecule has 1 aromatic rings. The fraction of sp³-hybridized carbons (Fsp3) is 0.545. The lowest BCUT2D eigenvalue weighted by Crippen LogP contribution is -2.40. The summed E-state index contributed by atoms with van der Waals surface area (Å²) in [5, 5.41) is 9.17. The summed E-state index contributed by atoms with van der Waals surface area (Å²) in [6.45, 7) is 1.61. The zero-order chi connectivity index (χ0) is 12.4. The summed E-state index contributed by atoms with van der Waals surface area (Å²) in [6, 6.07) is 1.85. The standard InChI is InChI=1S/C11H13Br2NO2S/c12-9-4-8(10(13)17-9)11(16)14-3-1-2-7(5-14)6-15/h4,7,15H,1-3,5-6H2. The Hall–Kier alpha value is 0.0900. The molecule has 1 amide bonds. The van der Waals surface area contributed by atoms with Crippen molar-refractivity contribution in [3.63, 3.8) is 0 Å². The molecule has 0 saturated carbocycles. The number of carbonyl (C=O) groups excluding carboxylic acids is 1. The summed E-state index contributed by atoms with van der Waals surface area (Å²) in [5.74, 6) is 0.283. The van der Waals surface area contributed by atoms with Gasteiger partial charge in [-0.1, -0.05) is 0 Å². The Morgan fingerprint density at radius 1 is 1.59 bits per heavy atom. The van der Waals surface area contributed by atoms with E-state index in [9.17, 15) is 4.79 Å². The number of rotatable bonds is 2. The molecule has 0 radical (unpaired) electrons. The third-order valence-corrected chi connectivity index (χ3v) is 5.29. The van der Waals surface area contributed by atoms with E-state index in [2.05, 4.69) is 31.9 Å². The van der Waals surface area contributed by atoms with Crippen LogP contribution in [-0.2, 0) is 0 Å². The minimum Gasteiger partial charge on any atom is -0.396 e. The normalized spacial score (nSPS) is 20.6. The minimum absolute atomic E-state index is 0.0528. The van der Waals surface area contributed by atoms with Crippen LogP contribution in [-0.4, -0.2) is 35.6 Å². The Morgan fingerprint density at radius 3 is 2.94 bits per heavy atom. The lowest BCUT2D eigenvalue weighted by Gasteiger charge is -2.31. The second-order valence-electron chi connectivity index (χ2n) is 4.18. The number of thiophene rings is 1. The number of hydrogen-bond acceptors (Lipinski definition) is 3. The summed E-state index contributed by atoms with van der Waals surface area (Å²) in [5.41, 5.74) is 0.709. The molecule has 0 spiro atoms. The van der Waals surface area contributed by atoms with Gasteiger partial charge in [0.1, 0.15) is 0 Å². The fourth-order valence-electron chi connectivity index (χ4n) is 2.05. The molecule has 1 unspecified atom stereocenters. The molecule has 94 valence electrons. The minimum atomic E-state index is 0.0528. The number of piperidine rings is 1. The first-order valence-electron chi connectivity index (χ1n) is 5.46. The van der Waals surface area contributed by atoms with Crippen LogP contribution in [0.25, 0.3) is 0 Å². The van der Waals surface area contributed by atoms with Crippen LogP contribution >= 0.6 is 43.2 Å². The number of likely N-dealkylation sites (tertiary alicyclic amines) is 1. The van der Waals surface area contributed by atoms with Crippen molar-refractivity contribution >= 4 is 49.1 Å². The molecule has 6 heteroatoms. The molecule has 1 N–H and O–H groups in total. The van der Waals surface area contributed by atoms with Crippen LogP contribution in [0, 0.1) is 5.92 Å². The summed E-state index contributed by atoms with van der Waals surface area (Å²) in [7, 11) is 0. The largest absolute Gasteiger partial charge is 0.396 e. The van der Waals surface area contributed by atoms with E-state index in [1.54, 1.807) is 0 Å². The van der Waals surface area contributed by atoms with E-state index in [0.717, 1.165) is 27.0 Å². The van der Waals surface area contributed by atoms with E-state index in [1.165, 1.54) is 11.3 Å². The van der Waals surface area contributed by atoms with Crippen molar-refractivity contribution in [2.24, 2.45) is 5.92 Å². The molecular weight excluding hydrogens is 370 g/mol. The molecule has 1 aromatic heterocycles. The van der Waals surface area contributed by atoms with E-state index in [1.807, 2.05) is 11.0 Å². The molecule has 0 aromatic carbocycles. The van der Waals surface area contributed by atoms with Crippen LogP contribution in [0.15, 0.2) is 13.6 Å². The lowest BCUT2D eigenvalue weighted by molar-refractivity contribution is 0.0620. The highest BCUT2D eigenvalue weighted by atomic mass is 79.9. The van der Waals surface area contributed by atoms with Gasteiger partial charge in [0.05, 0.1) is 13.1 Å². The van der Waals surface area contributed by atoms with Crippen molar-refractivity contribution < 1.29 is 9.90 Å². The SMILES string of the molecule is O=C(c1cc(Br)sc1Br)N1CCCC(CO)C1. The molecule has 1 aliphatic rings. The van der Waals surface area contributed by atoms with Crippen molar-refractivity contribution in [3.8, 4) is 0 Å². The zero-order valence-corrected chi connectivity index (χ0v) is 13.1. The van der Waals surface area contributed by atoms with E-state index < -0.39 is 0 Å². The molecule has 2 rings (SSSR count). The molecule has 1 fully saturated rings. The van der Waals surface area contributed by atoms with Crippen molar-refractivity contribution in [1.29, 1.82) is 0 Å². The van der Waals surface area contributed by atoms with Crippen LogP contribution in [0.4, 0.5) is 0 Å². The third-order valence-electron chi connectivity index (χ3n) is 2.95. The molecule has 1 atom stereocenters. The number of amides is 1. The molecule has 17 heavy (non-hydrogen) atoms. The van der Waals surface area contributed by atoms with Crippen LogP contribution in [0.3, 0.4) is 0 Å². The van der Waals surface area contributed by atoms with Crippen LogP contribution in [0.2, 0.25) is 0 Å². The predicted molar refractivity (Wildman–Crippen MR) is 75.4 cm³/mol. The Morgan fingerprint density at radius 2 is 2.35 bits per heavy atom. The number of nitrogens with zero attached hydrogens (tertiary/aromatic N) is 1. The second-order valence-corrected chi connectivity index (χ2v) is 7.93. The van der Waals surface area contributed by atoms with Gasteiger partial charge in [-0.2, -0.15) is 0 Å². The van der Waals surface area contributed by atoms with E-state index >= 15 is 0 Å². The van der Waals surface area contributed by atoms with Crippen molar-refractivity contribution in [2.45, 2.75) is 12.8 Å². The van der Waals surface area contributed by atoms with E-state index in [0.29, 0.717) is 12.1 Å². The van der Waals surface area contributed by atoms with Gasteiger partial charge >= 0.3 is 0 Å². The number of hydrogen-bond donors (Lipinski definition) is 1. The highest BCUT2D eigenvalue weighted by Gasteiger charge is 2.26.